The first kappa shape index (κ1) is 12.1. The van der Waals surface area contributed by atoms with Crippen LogP contribution in [-0.4, -0.2) is 24.8 Å². The van der Waals surface area contributed by atoms with Crippen molar-refractivity contribution in [1.29, 1.82) is 0 Å². The summed E-state index contributed by atoms with van der Waals surface area (Å²) < 4.78 is 5.96. The Kier molecular flexibility index (Phi) is 4.04. The van der Waals surface area contributed by atoms with Crippen LogP contribution in [0.1, 0.15) is 46.5 Å². The SMILES string of the molecule is CCCNC(C=C(C)C)C1CC2CCC1O2. The van der Waals surface area contributed by atoms with Gasteiger partial charge in [0, 0.05) is 12.0 Å². The Morgan fingerprint density at radius 1 is 1.44 bits per heavy atom. The van der Waals surface area contributed by atoms with Crippen molar-refractivity contribution in [1.82, 2.24) is 5.32 Å². The molecule has 4 unspecified atom stereocenters. The van der Waals surface area contributed by atoms with E-state index >= 15 is 0 Å². The van der Waals surface area contributed by atoms with E-state index in [1.54, 1.807) is 0 Å². The van der Waals surface area contributed by atoms with E-state index in [2.05, 4.69) is 32.2 Å². The zero-order valence-corrected chi connectivity index (χ0v) is 10.8. The maximum atomic E-state index is 5.96. The standard InChI is InChI=1S/C14H25NO/c1-4-7-15-13(8-10(2)3)12-9-11-5-6-14(12)16-11/h8,11-15H,4-7,9H2,1-3H3. The molecular formula is C14H25NO. The molecule has 2 rings (SSSR count). The third kappa shape index (κ3) is 2.67. The minimum Gasteiger partial charge on any atom is -0.375 e. The van der Waals surface area contributed by atoms with Crippen molar-refractivity contribution < 1.29 is 4.74 Å². The molecule has 4 atom stereocenters. The van der Waals surface area contributed by atoms with E-state index in [1.165, 1.54) is 31.3 Å². The summed E-state index contributed by atoms with van der Waals surface area (Å²) in [7, 11) is 0. The highest BCUT2D eigenvalue weighted by atomic mass is 16.5. The third-order valence-electron chi connectivity index (χ3n) is 3.76. The fraction of sp³-hybridized carbons (Fsp3) is 0.857. The quantitative estimate of drug-likeness (QED) is 0.724. The summed E-state index contributed by atoms with van der Waals surface area (Å²) >= 11 is 0. The summed E-state index contributed by atoms with van der Waals surface area (Å²) in [5.74, 6) is 0.709. The van der Waals surface area contributed by atoms with Gasteiger partial charge in [0.1, 0.15) is 0 Å². The predicted molar refractivity (Wildman–Crippen MR) is 67.5 cm³/mol. The first-order chi connectivity index (χ1) is 7.70. The van der Waals surface area contributed by atoms with E-state index in [4.69, 9.17) is 4.74 Å². The molecule has 2 fully saturated rings. The zero-order valence-electron chi connectivity index (χ0n) is 10.8. The van der Waals surface area contributed by atoms with Crippen LogP contribution in [0, 0.1) is 5.92 Å². The average molecular weight is 223 g/mol. The van der Waals surface area contributed by atoms with Crippen molar-refractivity contribution in [3.8, 4) is 0 Å². The molecule has 2 aliphatic heterocycles. The number of hydrogen-bond acceptors (Lipinski definition) is 2. The van der Waals surface area contributed by atoms with Gasteiger partial charge in [-0.25, -0.2) is 0 Å². The predicted octanol–water partition coefficient (Wildman–Crippen LogP) is 2.89. The Morgan fingerprint density at radius 2 is 2.25 bits per heavy atom. The first-order valence-electron chi connectivity index (χ1n) is 6.74. The van der Waals surface area contributed by atoms with Crippen molar-refractivity contribution in [3.63, 3.8) is 0 Å². The van der Waals surface area contributed by atoms with Crippen LogP contribution < -0.4 is 5.32 Å². The number of hydrogen-bond donors (Lipinski definition) is 1. The molecule has 2 nitrogen and oxygen atoms in total. The fourth-order valence-corrected chi connectivity index (χ4v) is 3.06. The largest absolute Gasteiger partial charge is 0.375 e. The topological polar surface area (TPSA) is 21.3 Å². The molecule has 0 spiro atoms. The van der Waals surface area contributed by atoms with Crippen molar-refractivity contribution in [2.75, 3.05) is 6.54 Å². The van der Waals surface area contributed by atoms with Crippen LogP contribution in [0.4, 0.5) is 0 Å². The number of nitrogens with one attached hydrogen (secondary N) is 1. The number of allylic oxidation sites excluding steroid dienone is 1. The van der Waals surface area contributed by atoms with Crippen LogP contribution in [0.15, 0.2) is 11.6 Å². The second-order valence-electron chi connectivity index (χ2n) is 5.50. The van der Waals surface area contributed by atoms with Gasteiger partial charge in [0.15, 0.2) is 0 Å². The van der Waals surface area contributed by atoms with Crippen LogP contribution in [-0.2, 0) is 4.74 Å². The summed E-state index contributed by atoms with van der Waals surface area (Å²) in [6.45, 7) is 7.72. The summed E-state index contributed by atoms with van der Waals surface area (Å²) in [6, 6.07) is 0.528. The van der Waals surface area contributed by atoms with E-state index in [0.717, 1.165) is 6.54 Å². The lowest BCUT2D eigenvalue weighted by molar-refractivity contribution is 0.0888. The van der Waals surface area contributed by atoms with Gasteiger partial charge in [0.2, 0.25) is 0 Å². The molecule has 0 aromatic rings. The van der Waals surface area contributed by atoms with Crippen LogP contribution in [0.2, 0.25) is 0 Å². The van der Waals surface area contributed by atoms with E-state index in [-0.39, 0.29) is 0 Å². The Morgan fingerprint density at radius 3 is 2.75 bits per heavy atom. The van der Waals surface area contributed by atoms with Crippen LogP contribution >= 0.6 is 0 Å². The van der Waals surface area contributed by atoms with Gasteiger partial charge in [-0.05, 0) is 46.1 Å². The Bertz CT molecular complexity index is 257. The van der Waals surface area contributed by atoms with Gasteiger partial charge < -0.3 is 10.1 Å². The molecule has 92 valence electrons. The molecule has 0 aliphatic carbocycles. The summed E-state index contributed by atoms with van der Waals surface area (Å²) in [5.41, 5.74) is 1.41. The highest BCUT2D eigenvalue weighted by molar-refractivity contribution is 5.07. The molecular weight excluding hydrogens is 198 g/mol. The monoisotopic (exact) mass is 223 g/mol. The van der Waals surface area contributed by atoms with Gasteiger partial charge in [0.25, 0.3) is 0 Å². The first-order valence-corrected chi connectivity index (χ1v) is 6.74. The highest BCUT2D eigenvalue weighted by Crippen LogP contribution is 2.40. The maximum absolute atomic E-state index is 5.96. The van der Waals surface area contributed by atoms with Crippen molar-refractivity contribution in [2.45, 2.75) is 64.7 Å². The highest BCUT2D eigenvalue weighted by Gasteiger charge is 2.43. The molecule has 16 heavy (non-hydrogen) atoms. The zero-order chi connectivity index (χ0) is 11.5. The number of rotatable bonds is 5. The van der Waals surface area contributed by atoms with Gasteiger partial charge in [-0.1, -0.05) is 18.6 Å². The number of ether oxygens (including phenoxy) is 1. The molecule has 0 aromatic carbocycles. The van der Waals surface area contributed by atoms with Gasteiger partial charge in [-0.15, -0.1) is 0 Å². The molecule has 1 N–H and O–H groups in total. The Labute approximate surface area is 99.4 Å². The van der Waals surface area contributed by atoms with E-state index in [1.807, 2.05) is 0 Å². The van der Waals surface area contributed by atoms with E-state index < -0.39 is 0 Å². The van der Waals surface area contributed by atoms with Crippen molar-refractivity contribution in [2.24, 2.45) is 5.92 Å². The van der Waals surface area contributed by atoms with Crippen LogP contribution in [0.5, 0.6) is 0 Å². The van der Waals surface area contributed by atoms with Gasteiger partial charge in [-0.3, -0.25) is 0 Å². The Hall–Kier alpha value is -0.340. The van der Waals surface area contributed by atoms with Crippen LogP contribution in [0.25, 0.3) is 0 Å². The summed E-state index contributed by atoms with van der Waals surface area (Å²) in [5, 5.41) is 3.67. The number of fused-ring (bicyclic) bond motifs is 2. The molecule has 0 aromatic heterocycles. The smallest absolute Gasteiger partial charge is 0.0626 e. The van der Waals surface area contributed by atoms with E-state index in [0.29, 0.717) is 24.2 Å². The lowest BCUT2D eigenvalue weighted by Gasteiger charge is -2.27. The Balaban J connectivity index is 1.98. The third-order valence-corrected chi connectivity index (χ3v) is 3.76. The van der Waals surface area contributed by atoms with Gasteiger partial charge >= 0.3 is 0 Å². The minimum absolute atomic E-state index is 0.523. The maximum Gasteiger partial charge on any atom is 0.0626 e. The summed E-state index contributed by atoms with van der Waals surface area (Å²) in [6.07, 6.45) is 8.50. The normalized spacial score (nSPS) is 34.1. The molecule has 2 saturated heterocycles. The fourth-order valence-electron chi connectivity index (χ4n) is 3.06. The molecule has 2 bridgehead atoms. The second-order valence-corrected chi connectivity index (χ2v) is 5.50. The van der Waals surface area contributed by atoms with Crippen molar-refractivity contribution in [3.05, 3.63) is 11.6 Å². The molecule has 0 amide bonds. The minimum atomic E-state index is 0.523. The molecule has 2 heterocycles. The molecule has 2 aliphatic rings. The lowest BCUT2D eigenvalue weighted by atomic mass is 9.83. The molecule has 2 heteroatoms. The second kappa shape index (κ2) is 5.33. The average Bonchev–Trinajstić information content (AvgIpc) is 2.85. The van der Waals surface area contributed by atoms with Crippen LogP contribution in [0.3, 0.4) is 0 Å². The lowest BCUT2D eigenvalue weighted by Crippen LogP contribution is -2.39. The molecule has 0 radical (unpaired) electrons. The molecule has 0 saturated carbocycles. The van der Waals surface area contributed by atoms with E-state index in [9.17, 15) is 0 Å². The van der Waals surface area contributed by atoms with Gasteiger partial charge in [-0.2, -0.15) is 0 Å². The summed E-state index contributed by atoms with van der Waals surface area (Å²) in [4.78, 5) is 0. The van der Waals surface area contributed by atoms with Gasteiger partial charge in [0.05, 0.1) is 12.2 Å². The van der Waals surface area contributed by atoms with Crippen molar-refractivity contribution >= 4 is 0 Å².